The van der Waals surface area contributed by atoms with E-state index < -0.39 is 17.4 Å². The lowest BCUT2D eigenvalue weighted by atomic mass is 9.63. The summed E-state index contributed by atoms with van der Waals surface area (Å²) < 4.78 is 38.4. The van der Waals surface area contributed by atoms with Crippen molar-refractivity contribution >= 4 is 5.78 Å². The van der Waals surface area contributed by atoms with Crippen LogP contribution < -0.4 is 0 Å². The van der Waals surface area contributed by atoms with Gasteiger partial charge in [0.05, 0.1) is 0 Å². The molecular formula is C14H18F3NO. The second-order valence-corrected chi connectivity index (χ2v) is 6.01. The molecule has 2 nitrogen and oxygen atoms in total. The summed E-state index contributed by atoms with van der Waals surface area (Å²) >= 11 is 0. The maximum Gasteiger partial charge on any atom is 0.454 e. The lowest BCUT2D eigenvalue weighted by Crippen LogP contribution is -2.45. The average molecular weight is 273 g/mol. The predicted octanol–water partition coefficient (Wildman–Crippen LogP) is 3.43. The number of hydrogen-bond acceptors (Lipinski definition) is 2. The molecular weight excluding hydrogens is 255 g/mol. The number of allylic oxidation sites excluding steroid dienone is 2. The second kappa shape index (κ2) is 4.25. The van der Waals surface area contributed by atoms with E-state index in [2.05, 4.69) is 0 Å². The Morgan fingerprint density at radius 1 is 1.05 bits per heavy atom. The number of rotatable bonds is 2. The molecule has 1 spiro atoms. The molecule has 5 heteroatoms. The van der Waals surface area contributed by atoms with Crippen molar-refractivity contribution in [2.75, 3.05) is 13.1 Å². The highest BCUT2D eigenvalue weighted by atomic mass is 19.4. The number of Topliss-reactive ketones (excluding diaryl/α,β-unsaturated/α-hetero) is 1. The van der Waals surface area contributed by atoms with E-state index in [9.17, 15) is 18.0 Å². The number of nitrogens with zero attached hydrogens (tertiary/aromatic N) is 1. The van der Waals surface area contributed by atoms with E-state index in [1.807, 2.05) is 4.90 Å². The first-order valence-corrected chi connectivity index (χ1v) is 7.04. The number of carbonyl (C=O) groups excluding carboxylic acids is 1. The van der Waals surface area contributed by atoms with E-state index in [0.29, 0.717) is 12.1 Å². The summed E-state index contributed by atoms with van der Waals surface area (Å²) in [6.07, 6.45) is 1.39. The molecule has 1 saturated carbocycles. The molecule has 0 amide bonds. The lowest BCUT2D eigenvalue weighted by Gasteiger charge is -2.46. The summed E-state index contributed by atoms with van der Waals surface area (Å²) in [6.45, 7) is 1.61. The van der Waals surface area contributed by atoms with Crippen molar-refractivity contribution in [2.45, 2.75) is 51.1 Å². The molecule has 0 aromatic heterocycles. The fraction of sp³-hybridized carbons (Fsp3) is 0.786. The smallest absolute Gasteiger partial charge is 0.374 e. The van der Waals surface area contributed by atoms with Crippen LogP contribution in [0.15, 0.2) is 11.3 Å². The van der Waals surface area contributed by atoms with Crippen LogP contribution in [0, 0.1) is 5.41 Å². The van der Waals surface area contributed by atoms with Crippen LogP contribution in [-0.2, 0) is 4.79 Å². The zero-order valence-electron chi connectivity index (χ0n) is 10.9. The van der Waals surface area contributed by atoms with Crippen LogP contribution in [0.2, 0.25) is 0 Å². The number of alkyl halides is 3. The van der Waals surface area contributed by atoms with E-state index >= 15 is 0 Å². The molecule has 3 aliphatic rings. The van der Waals surface area contributed by atoms with E-state index in [1.165, 1.54) is 0 Å². The Kier molecular flexibility index (Phi) is 2.91. The molecule has 106 valence electrons. The Bertz CT molecular complexity index is 426. The number of hydrogen-bond donors (Lipinski definition) is 0. The molecule has 0 aromatic rings. The van der Waals surface area contributed by atoms with E-state index in [-0.39, 0.29) is 5.57 Å². The van der Waals surface area contributed by atoms with Gasteiger partial charge in [0.15, 0.2) is 0 Å². The van der Waals surface area contributed by atoms with Crippen LogP contribution in [0.4, 0.5) is 13.2 Å². The fourth-order valence-corrected chi connectivity index (χ4v) is 3.95. The maximum atomic E-state index is 12.8. The maximum absolute atomic E-state index is 12.8. The van der Waals surface area contributed by atoms with E-state index in [0.717, 1.165) is 51.6 Å². The van der Waals surface area contributed by atoms with Gasteiger partial charge in [-0.2, -0.15) is 13.2 Å². The van der Waals surface area contributed by atoms with Crippen molar-refractivity contribution in [3.63, 3.8) is 0 Å². The Morgan fingerprint density at radius 3 is 2.16 bits per heavy atom. The Morgan fingerprint density at radius 2 is 1.63 bits per heavy atom. The monoisotopic (exact) mass is 273 g/mol. The van der Waals surface area contributed by atoms with Gasteiger partial charge in [-0.15, -0.1) is 0 Å². The molecule has 0 aromatic carbocycles. The predicted molar refractivity (Wildman–Crippen MR) is 64.4 cm³/mol. The summed E-state index contributed by atoms with van der Waals surface area (Å²) in [5.41, 5.74) is 0.367. The minimum atomic E-state index is -4.73. The first-order valence-electron chi connectivity index (χ1n) is 7.04. The Labute approximate surface area is 110 Å². The summed E-state index contributed by atoms with van der Waals surface area (Å²) in [5, 5.41) is 0. The summed E-state index contributed by atoms with van der Waals surface area (Å²) in [6, 6.07) is 0. The minimum absolute atomic E-state index is 0.111. The molecule has 1 heterocycles. The molecule has 19 heavy (non-hydrogen) atoms. The van der Waals surface area contributed by atoms with Gasteiger partial charge in [-0.1, -0.05) is 12.8 Å². The molecule has 2 aliphatic carbocycles. The molecule has 1 aliphatic heterocycles. The van der Waals surface area contributed by atoms with Crippen LogP contribution in [0.5, 0.6) is 0 Å². The number of halogens is 3. The zero-order valence-corrected chi connectivity index (χ0v) is 10.9. The van der Waals surface area contributed by atoms with Crippen LogP contribution in [0.3, 0.4) is 0 Å². The topological polar surface area (TPSA) is 20.3 Å². The molecule has 2 fully saturated rings. The first kappa shape index (κ1) is 13.0. The van der Waals surface area contributed by atoms with Crippen molar-refractivity contribution in [2.24, 2.45) is 5.41 Å². The lowest BCUT2D eigenvalue weighted by molar-refractivity contribution is -0.168. The third-order valence-electron chi connectivity index (χ3n) is 4.86. The molecule has 0 radical (unpaired) electrons. The van der Waals surface area contributed by atoms with Crippen LogP contribution in [0.1, 0.15) is 44.9 Å². The van der Waals surface area contributed by atoms with Gasteiger partial charge in [-0.05, 0) is 32.1 Å². The SMILES string of the molecule is O=C(C1=C(N2CCCC2)CC12CCCC2)C(F)(F)F. The quantitative estimate of drug-likeness (QED) is 0.768. The molecule has 0 atom stereocenters. The van der Waals surface area contributed by atoms with Gasteiger partial charge in [-0.25, -0.2) is 0 Å². The number of carbonyl (C=O) groups is 1. The van der Waals surface area contributed by atoms with Crippen LogP contribution in [0.25, 0.3) is 0 Å². The van der Waals surface area contributed by atoms with Gasteiger partial charge < -0.3 is 4.90 Å². The van der Waals surface area contributed by atoms with Crippen molar-refractivity contribution in [3.8, 4) is 0 Å². The number of likely N-dealkylation sites (tertiary alicyclic amines) is 1. The van der Waals surface area contributed by atoms with Crippen LogP contribution in [-0.4, -0.2) is 29.9 Å². The third-order valence-corrected chi connectivity index (χ3v) is 4.86. The summed E-state index contributed by atoms with van der Waals surface area (Å²) in [4.78, 5) is 13.8. The average Bonchev–Trinajstić information content (AvgIpc) is 2.97. The highest BCUT2D eigenvalue weighted by Gasteiger charge is 2.56. The largest absolute Gasteiger partial charge is 0.454 e. The van der Waals surface area contributed by atoms with Gasteiger partial charge in [0.25, 0.3) is 5.78 Å². The van der Waals surface area contributed by atoms with Crippen molar-refractivity contribution in [3.05, 3.63) is 11.3 Å². The Hall–Kier alpha value is -1.00. The zero-order chi connectivity index (χ0) is 13.7. The van der Waals surface area contributed by atoms with Gasteiger partial charge in [0.1, 0.15) is 0 Å². The number of ketones is 1. The molecule has 3 rings (SSSR count). The van der Waals surface area contributed by atoms with Crippen molar-refractivity contribution in [1.82, 2.24) is 4.90 Å². The summed E-state index contributed by atoms with van der Waals surface area (Å²) in [5.74, 6) is -1.58. The van der Waals surface area contributed by atoms with Gasteiger partial charge in [0.2, 0.25) is 0 Å². The van der Waals surface area contributed by atoms with Gasteiger partial charge in [-0.3, -0.25) is 4.79 Å². The van der Waals surface area contributed by atoms with E-state index in [4.69, 9.17) is 0 Å². The van der Waals surface area contributed by atoms with Gasteiger partial charge >= 0.3 is 6.18 Å². The van der Waals surface area contributed by atoms with E-state index in [1.54, 1.807) is 0 Å². The highest BCUT2D eigenvalue weighted by molar-refractivity contribution is 6.03. The van der Waals surface area contributed by atoms with Crippen molar-refractivity contribution < 1.29 is 18.0 Å². The molecule has 0 N–H and O–H groups in total. The third kappa shape index (κ3) is 1.98. The molecule has 0 unspecified atom stereocenters. The Balaban J connectivity index is 1.95. The summed E-state index contributed by atoms with van der Waals surface area (Å²) in [7, 11) is 0. The van der Waals surface area contributed by atoms with Crippen LogP contribution >= 0.6 is 0 Å². The van der Waals surface area contributed by atoms with Gasteiger partial charge in [0, 0.05) is 29.8 Å². The molecule has 1 saturated heterocycles. The normalized spacial score (nSPS) is 26.2. The fourth-order valence-electron chi connectivity index (χ4n) is 3.95. The highest BCUT2D eigenvalue weighted by Crippen LogP contribution is 2.59. The molecule has 0 bridgehead atoms. The van der Waals surface area contributed by atoms with Crippen molar-refractivity contribution in [1.29, 1.82) is 0 Å². The second-order valence-electron chi connectivity index (χ2n) is 6.01. The first-order chi connectivity index (χ1) is 8.94. The standard InChI is InChI=1S/C14H18F3NO/c15-14(16,17)12(19)11-10(18-7-3-4-8-18)9-13(11)5-1-2-6-13/h1-9H2. The minimum Gasteiger partial charge on any atom is -0.374 e.